The van der Waals surface area contributed by atoms with E-state index < -0.39 is 0 Å². The molecule has 72 valence electrons. The van der Waals surface area contributed by atoms with E-state index >= 15 is 0 Å². The second-order valence-electron chi connectivity index (χ2n) is 2.60. The molecule has 0 aromatic heterocycles. The summed E-state index contributed by atoms with van der Waals surface area (Å²) in [5, 5.41) is 4.77. The molecule has 0 amide bonds. The van der Waals surface area contributed by atoms with Gasteiger partial charge in [-0.2, -0.15) is 0 Å². The number of nitrogens with one attached hydrogen (secondary N) is 1. The minimum Gasteiger partial charge on any atom is -0.312 e. The first-order valence-electron chi connectivity index (χ1n) is 3.94. The highest BCUT2D eigenvalue weighted by Gasteiger charge is 1.99. The van der Waals surface area contributed by atoms with Crippen molar-refractivity contribution in [3.8, 4) is 0 Å². The van der Waals surface area contributed by atoms with E-state index in [2.05, 4.69) is 27.9 Å². The molecule has 1 N–H and O–H groups in total. The summed E-state index contributed by atoms with van der Waals surface area (Å²) in [5.41, 5.74) is 1.05. The van der Waals surface area contributed by atoms with Gasteiger partial charge in [0.25, 0.3) is 0 Å². The normalized spacial score (nSPS) is 10.4. The Kier molecular flexibility index (Phi) is 5.39. The molecule has 0 heterocycles. The molecule has 1 aromatic carbocycles. The maximum Gasteiger partial charge on any atom is 0.0451 e. The smallest absolute Gasteiger partial charge is 0.0451 e. The lowest BCUT2D eigenvalue weighted by Gasteiger charge is -2.05. The molecule has 0 spiro atoms. The van der Waals surface area contributed by atoms with Crippen LogP contribution < -0.4 is 5.32 Å². The Morgan fingerprint density at radius 3 is 2.77 bits per heavy atom. The molecule has 1 rings (SSSR count). The summed E-state index contributed by atoms with van der Waals surface area (Å²) in [6, 6.07) is 5.51. The molecule has 13 heavy (non-hydrogen) atoms. The Bertz CT molecular complexity index is 278. The molecule has 0 atom stereocenters. The van der Waals surface area contributed by atoms with E-state index in [1.165, 1.54) is 0 Å². The van der Waals surface area contributed by atoms with Gasteiger partial charge in [0.15, 0.2) is 0 Å². The highest BCUT2D eigenvalue weighted by molar-refractivity contribution is 14.1. The average Bonchev–Trinajstić information content (AvgIpc) is 2.11. The monoisotopic (exact) mass is 329 g/mol. The fourth-order valence-electron chi connectivity index (χ4n) is 0.969. The Labute approximate surface area is 102 Å². The van der Waals surface area contributed by atoms with Crippen LogP contribution in [0.1, 0.15) is 5.56 Å². The van der Waals surface area contributed by atoms with Crippen LogP contribution >= 0.6 is 45.8 Å². The van der Waals surface area contributed by atoms with Crippen LogP contribution in [0.25, 0.3) is 0 Å². The summed E-state index contributed by atoms with van der Waals surface area (Å²) in [4.78, 5) is 0. The van der Waals surface area contributed by atoms with E-state index in [0.29, 0.717) is 0 Å². The topological polar surface area (TPSA) is 12.0 Å². The van der Waals surface area contributed by atoms with Gasteiger partial charge >= 0.3 is 0 Å². The summed E-state index contributed by atoms with van der Waals surface area (Å²) in [6.45, 7) is 1.77. The third-order valence-electron chi connectivity index (χ3n) is 1.59. The molecule has 0 aliphatic rings. The number of halogens is 3. The van der Waals surface area contributed by atoms with Crippen LogP contribution in [0.15, 0.2) is 18.2 Å². The van der Waals surface area contributed by atoms with Crippen molar-refractivity contribution in [2.75, 3.05) is 11.0 Å². The second kappa shape index (κ2) is 6.06. The van der Waals surface area contributed by atoms with Crippen LogP contribution in [-0.4, -0.2) is 11.0 Å². The maximum atomic E-state index is 5.97. The fourth-order valence-corrected chi connectivity index (χ4v) is 1.73. The van der Waals surface area contributed by atoms with Gasteiger partial charge in [-0.05, 0) is 23.8 Å². The first-order valence-corrected chi connectivity index (χ1v) is 6.23. The summed E-state index contributed by atoms with van der Waals surface area (Å²) < 4.78 is 1.09. The van der Waals surface area contributed by atoms with Crippen LogP contribution in [0.5, 0.6) is 0 Å². The van der Waals surface area contributed by atoms with Crippen molar-refractivity contribution in [2.24, 2.45) is 0 Å². The quantitative estimate of drug-likeness (QED) is 0.506. The van der Waals surface area contributed by atoms with Crippen molar-refractivity contribution in [2.45, 2.75) is 6.54 Å². The molecule has 0 aliphatic carbocycles. The molecular formula is C9H10Cl2IN. The van der Waals surface area contributed by atoms with Crippen LogP contribution in [0, 0.1) is 0 Å². The molecular weight excluding hydrogens is 320 g/mol. The molecule has 1 aromatic rings. The molecule has 4 heteroatoms. The van der Waals surface area contributed by atoms with E-state index in [1.807, 2.05) is 12.1 Å². The van der Waals surface area contributed by atoms with E-state index in [-0.39, 0.29) is 0 Å². The highest BCUT2D eigenvalue weighted by atomic mass is 127. The van der Waals surface area contributed by atoms with E-state index in [0.717, 1.165) is 33.1 Å². The van der Waals surface area contributed by atoms with Crippen molar-refractivity contribution in [1.29, 1.82) is 0 Å². The van der Waals surface area contributed by atoms with Crippen molar-refractivity contribution in [3.05, 3.63) is 33.8 Å². The molecule has 0 unspecified atom stereocenters. The van der Waals surface area contributed by atoms with Gasteiger partial charge in [0.1, 0.15) is 0 Å². The Morgan fingerprint density at radius 2 is 2.08 bits per heavy atom. The molecule has 0 bridgehead atoms. The third kappa shape index (κ3) is 4.02. The van der Waals surface area contributed by atoms with Gasteiger partial charge in [0, 0.05) is 27.6 Å². The number of hydrogen-bond acceptors (Lipinski definition) is 1. The molecule has 0 fully saturated rings. The minimum absolute atomic E-state index is 0.732. The van der Waals surface area contributed by atoms with Gasteiger partial charge < -0.3 is 5.32 Å². The predicted octanol–water partition coefficient (Wildman–Crippen LogP) is 3.52. The van der Waals surface area contributed by atoms with Crippen molar-refractivity contribution in [1.82, 2.24) is 5.32 Å². The average molecular weight is 330 g/mol. The number of rotatable bonds is 4. The molecule has 0 radical (unpaired) electrons. The maximum absolute atomic E-state index is 5.97. The summed E-state index contributed by atoms with van der Waals surface area (Å²) >= 11 is 14.1. The first kappa shape index (κ1) is 11.6. The number of alkyl halides is 1. The zero-order chi connectivity index (χ0) is 9.68. The lowest BCUT2D eigenvalue weighted by molar-refractivity contribution is 0.737. The number of hydrogen-bond donors (Lipinski definition) is 1. The SMILES string of the molecule is Clc1ccc(Cl)c(CNCCI)c1. The second-order valence-corrected chi connectivity index (χ2v) is 4.52. The lowest BCUT2D eigenvalue weighted by atomic mass is 10.2. The van der Waals surface area contributed by atoms with Crippen molar-refractivity contribution in [3.63, 3.8) is 0 Å². The van der Waals surface area contributed by atoms with Gasteiger partial charge in [-0.3, -0.25) is 0 Å². The zero-order valence-electron chi connectivity index (χ0n) is 6.99. The zero-order valence-corrected chi connectivity index (χ0v) is 10.7. The highest BCUT2D eigenvalue weighted by Crippen LogP contribution is 2.20. The fraction of sp³-hybridized carbons (Fsp3) is 0.333. The predicted molar refractivity (Wildman–Crippen MR) is 67.1 cm³/mol. The Morgan fingerprint density at radius 1 is 1.31 bits per heavy atom. The van der Waals surface area contributed by atoms with Crippen molar-refractivity contribution < 1.29 is 0 Å². The largest absolute Gasteiger partial charge is 0.312 e. The van der Waals surface area contributed by atoms with Crippen LogP contribution in [0.4, 0.5) is 0 Å². The van der Waals surface area contributed by atoms with Gasteiger partial charge in [-0.15, -0.1) is 0 Å². The molecule has 0 saturated carbocycles. The summed E-state index contributed by atoms with van der Waals surface area (Å²) in [6.07, 6.45) is 0. The van der Waals surface area contributed by atoms with Crippen molar-refractivity contribution >= 4 is 45.8 Å². The van der Waals surface area contributed by atoms with Crippen LogP contribution in [-0.2, 0) is 6.54 Å². The van der Waals surface area contributed by atoms with Gasteiger partial charge in [-0.1, -0.05) is 45.8 Å². The standard InChI is InChI=1S/C9H10Cl2IN/c10-8-1-2-9(11)7(5-8)6-13-4-3-12/h1-2,5,13H,3-4,6H2. The lowest BCUT2D eigenvalue weighted by Crippen LogP contribution is -2.15. The summed E-state index contributed by atoms with van der Waals surface area (Å²) in [7, 11) is 0. The van der Waals surface area contributed by atoms with Gasteiger partial charge in [0.05, 0.1) is 0 Å². The Hall–Kier alpha value is 0.490. The number of benzene rings is 1. The van der Waals surface area contributed by atoms with E-state index in [9.17, 15) is 0 Å². The summed E-state index contributed by atoms with van der Waals surface area (Å²) in [5.74, 6) is 0. The molecule has 0 saturated heterocycles. The van der Waals surface area contributed by atoms with Gasteiger partial charge in [0.2, 0.25) is 0 Å². The van der Waals surface area contributed by atoms with E-state index in [4.69, 9.17) is 23.2 Å². The molecule has 0 aliphatic heterocycles. The van der Waals surface area contributed by atoms with E-state index in [1.54, 1.807) is 6.07 Å². The van der Waals surface area contributed by atoms with Crippen LogP contribution in [0.3, 0.4) is 0 Å². The first-order chi connectivity index (χ1) is 6.24. The van der Waals surface area contributed by atoms with Gasteiger partial charge in [-0.25, -0.2) is 0 Å². The van der Waals surface area contributed by atoms with Crippen LogP contribution in [0.2, 0.25) is 10.0 Å². The third-order valence-corrected chi connectivity index (χ3v) is 2.74. The molecule has 1 nitrogen and oxygen atoms in total. The minimum atomic E-state index is 0.732. The Balaban J connectivity index is 2.59.